The van der Waals surface area contributed by atoms with Gasteiger partial charge in [-0.3, -0.25) is 0 Å². The van der Waals surface area contributed by atoms with E-state index in [-0.39, 0.29) is 11.4 Å². The molecule has 1 heterocycles. The van der Waals surface area contributed by atoms with Crippen LogP contribution in [0, 0.1) is 5.41 Å². The minimum absolute atomic E-state index is 0.0562. The highest BCUT2D eigenvalue weighted by Gasteiger charge is 2.15. The summed E-state index contributed by atoms with van der Waals surface area (Å²) in [5.41, 5.74) is 3.80. The molecule has 3 rings (SSSR count). The smallest absolute Gasteiger partial charge is 0.337 e. The predicted molar refractivity (Wildman–Crippen MR) is 130 cm³/mol. The Kier molecular flexibility index (Phi) is 7.37. The second-order valence-corrected chi connectivity index (χ2v) is 8.69. The number of anilines is 3. The van der Waals surface area contributed by atoms with Crippen molar-refractivity contribution in [3.8, 4) is 22.6 Å². The summed E-state index contributed by atoms with van der Waals surface area (Å²) >= 11 is 0. The van der Waals surface area contributed by atoms with Crippen LogP contribution in [0.2, 0.25) is 0 Å². The molecule has 174 valence electrons. The Labute approximate surface area is 194 Å². The first-order chi connectivity index (χ1) is 15.7. The highest BCUT2D eigenvalue weighted by Crippen LogP contribution is 2.31. The van der Waals surface area contributed by atoms with E-state index in [0.29, 0.717) is 23.0 Å². The first-order valence-electron chi connectivity index (χ1n) is 10.5. The average molecular weight is 451 g/mol. The van der Waals surface area contributed by atoms with Crippen LogP contribution in [0.4, 0.5) is 17.3 Å². The fourth-order valence-corrected chi connectivity index (χ4v) is 3.09. The quantitative estimate of drug-likeness (QED) is 0.455. The minimum atomic E-state index is -0.384. The van der Waals surface area contributed by atoms with Crippen LogP contribution in [0.5, 0.6) is 11.5 Å². The number of methoxy groups -OCH3 is 3. The van der Waals surface area contributed by atoms with Crippen molar-refractivity contribution < 1.29 is 19.0 Å². The Hall–Kier alpha value is -3.81. The number of nitrogens with zero attached hydrogens (tertiary/aromatic N) is 2. The van der Waals surface area contributed by atoms with E-state index in [9.17, 15) is 4.79 Å². The Morgan fingerprint density at radius 1 is 0.939 bits per heavy atom. The van der Waals surface area contributed by atoms with Gasteiger partial charge in [0, 0.05) is 59.6 Å². The highest BCUT2D eigenvalue weighted by molar-refractivity contribution is 5.93. The Balaban J connectivity index is 1.88. The molecule has 8 heteroatoms. The molecule has 0 radical (unpaired) electrons. The fraction of sp³-hybridized carbons (Fsp3) is 0.320. The van der Waals surface area contributed by atoms with Gasteiger partial charge in [0.2, 0.25) is 5.95 Å². The fourth-order valence-electron chi connectivity index (χ4n) is 3.09. The summed E-state index contributed by atoms with van der Waals surface area (Å²) in [7, 11) is 4.57. The zero-order valence-corrected chi connectivity index (χ0v) is 19.9. The van der Waals surface area contributed by atoms with Crippen LogP contribution in [0.1, 0.15) is 31.1 Å². The molecule has 0 unspecified atom stereocenters. The summed E-state index contributed by atoms with van der Waals surface area (Å²) in [6.07, 6.45) is 3.48. The molecule has 0 saturated heterocycles. The lowest BCUT2D eigenvalue weighted by molar-refractivity contribution is 0.0601. The van der Waals surface area contributed by atoms with E-state index in [1.165, 1.54) is 7.11 Å². The zero-order chi connectivity index (χ0) is 24.0. The lowest BCUT2D eigenvalue weighted by Crippen LogP contribution is -2.19. The number of esters is 1. The molecule has 3 aromatic rings. The Morgan fingerprint density at radius 2 is 1.58 bits per heavy atom. The molecule has 0 spiro atoms. The van der Waals surface area contributed by atoms with Gasteiger partial charge in [0.15, 0.2) is 0 Å². The molecule has 0 amide bonds. The van der Waals surface area contributed by atoms with Gasteiger partial charge in [-0.05, 0) is 17.5 Å². The van der Waals surface area contributed by atoms with Crippen molar-refractivity contribution in [2.24, 2.45) is 5.41 Å². The van der Waals surface area contributed by atoms with Crippen molar-refractivity contribution in [3.63, 3.8) is 0 Å². The molecular weight excluding hydrogens is 420 g/mol. The number of hydrogen-bond donors (Lipinski definition) is 2. The van der Waals surface area contributed by atoms with Crippen LogP contribution < -0.4 is 20.1 Å². The number of aromatic nitrogens is 2. The molecule has 0 atom stereocenters. The molecule has 0 aliphatic rings. The number of benzene rings is 2. The predicted octanol–water partition coefficient (Wildman–Crippen LogP) is 5.15. The second-order valence-electron chi connectivity index (χ2n) is 8.69. The molecule has 2 N–H and O–H groups in total. The van der Waals surface area contributed by atoms with Crippen molar-refractivity contribution in [2.45, 2.75) is 20.8 Å². The molecule has 0 aliphatic carbocycles. The van der Waals surface area contributed by atoms with E-state index in [0.717, 1.165) is 29.0 Å². The summed E-state index contributed by atoms with van der Waals surface area (Å²) in [5.74, 6) is 1.37. The number of rotatable bonds is 8. The molecule has 0 fully saturated rings. The first kappa shape index (κ1) is 23.8. The van der Waals surface area contributed by atoms with Crippen LogP contribution in [-0.2, 0) is 4.74 Å². The zero-order valence-electron chi connectivity index (χ0n) is 19.9. The topological polar surface area (TPSA) is 94.6 Å². The van der Waals surface area contributed by atoms with Crippen molar-refractivity contribution in [2.75, 3.05) is 38.5 Å². The lowest BCUT2D eigenvalue weighted by atomic mass is 9.96. The van der Waals surface area contributed by atoms with E-state index < -0.39 is 0 Å². The summed E-state index contributed by atoms with van der Waals surface area (Å²) in [6, 6.07) is 10.9. The van der Waals surface area contributed by atoms with Gasteiger partial charge in [-0.25, -0.2) is 14.8 Å². The first-order valence-corrected chi connectivity index (χ1v) is 10.5. The van der Waals surface area contributed by atoms with Gasteiger partial charge in [0.25, 0.3) is 0 Å². The Bertz CT molecular complexity index is 1090. The van der Waals surface area contributed by atoms with E-state index in [1.807, 2.05) is 18.2 Å². The van der Waals surface area contributed by atoms with Crippen LogP contribution in [0.25, 0.3) is 11.1 Å². The van der Waals surface area contributed by atoms with Crippen LogP contribution in [0.15, 0.2) is 48.8 Å². The third-order valence-electron chi connectivity index (χ3n) is 4.82. The number of hydrogen-bond acceptors (Lipinski definition) is 8. The van der Waals surface area contributed by atoms with Gasteiger partial charge in [-0.2, -0.15) is 0 Å². The molecule has 33 heavy (non-hydrogen) atoms. The summed E-state index contributed by atoms with van der Waals surface area (Å²) in [4.78, 5) is 20.9. The number of carbonyl (C=O) groups is 1. The SMILES string of the molecule is COC(=O)c1ccc(-c2cnc(Nc3cc(OC)cc(OC)c3)nc2)c(NCC(C)(C)C)c1. The maximum atomic E-state index is 12.0. The number of carbonyl (C=O) groups excluding carboxylic acids is 1. The van der Waals surface area contributed by atoms with Crippen LogP contribution in [-0.4, -0.2) is 43.8 Å². The third kappa shape index (κ3) is 6.35. The monoisotopic (exact) mass is 450 g/mol. The highest BCUT2D eigenvalue weighted by atomic mass is 16.5. The summed E-state index contributed by atoms with van der Waals surface area (Å²) in [5, 5.41) is 6.61. The van der Waals surface area contributed by atoms with Crippen LogP contribution >= 0.6 is 0 Å². The molecule has 1 aromatic heterocycles. The molecule has 0 saturated carbocycles. The third-order valence-corrected chi connectivity index (χ3v) is 4.82. The number of nitrogens with one attached hydrogen (secondary N) is 2. The van der Waals surface area contributed by atoms with E-state index in [4.69, 9.17) is 14.2 Å². The normalized spacial score (nSPS) is 11.0. The molecule has 0 bridgehead atoms. The Morgan fingerprint density at radius 3 is 2.12 bits per heavy atom. The minimum Gasteiger partial charge on any atom is -0.497 e. The maximum absolute atomic E-state index is 12.0. The van der Waals surface area contributed by atoms with Gasteiger partial charge >= 0.3 is 5.97 Å². The van der Waals surface area contributed by atoms with Gasteiger partial charge in [-0.1, -0.05) is 26.8 Å². The standard InChI is InChI=1S/C25H30N4O4/c1-25(2,3)15-28-22-9-16(23(30)33-6)7-8-21(22)17-13-26-24(27-14-17)29-18-10-19(31-4)12-20(11-18)32-5/h7-14,28H,15H2,1-6H3,(H,26,27,29). The molecule has 8 nitrogen and oxygen atoms in total. The molecule has 0 aliphatic heterocycles. The van der Waals surface area contributed by atoms with E-state index >= 15 is 0 Å². The summed E-state index contributed by atoms with van der Waals surface area (Å²) < 4.78 is 15.5. The van der Waals surface area contributed by atoms with Gasteiger partial charge in [0.05, 0.1) is 26.9 Å². The van der Waals surface area contributed by atoms with Gasteiger partial charge in [0.1, 0.15) is 11.5 Å². The van der Waals surface area contributed by atoms with Gasteiger partial charge < -0.3 is 24.8 Å². The lowest BCUT2D eigenvalue weighted by Gasteiger charge is -2.21. The largest absolute Gasteiger partial charge is 0.497 e. The maximum Gasteiger partial charge on any atom is 0.337 e. The van der Waals surface area contributed by atoms with E-state index in [2.05, 4.69) is 41.4 Å². The van der Waals surface area contributed by atoms with Crippen molar-refractivity contribution >= 4 is 23.3 Å². The van der Waals surface area contributed by atoms with E-state index in [1.54, 1.807) is 44.8 Å². The van der Waals surface area contributed by atoms with Crippen molar-refractivity contribution in [3.05, 3.63) is 54.4 Å². The number of ether oxygens (including phenoxy) is 3. The molecular formula is C25H30N4O4. The van der Waals surface area contributed by atoms with Gasteiger partial charge in [-0.15, -0.1) is 0 Å². The second kappa shape index (κ2) is 10.2. The van der Waals surface area contributed by atoms with Crippen molar-refractivity contribution in [1.82, 2.24) is 9.97 Å². The molecule has 2 aromatic carbocycles. The van der Waals surface area contributed by atoms with Crippen molar-refractivity contribution in [1.29, 1.82) is 0 Å². The summed E-state index contributed by atoms with van der Waals surface area (Å²) in [6.45, 7) is 7.14. The van der Waals surface area contributed by atoms with Crippen LogP contribution in [0.3, 0.4) is 0 Å². The average Bonchev–Trinajstić information content (AvgIpc) is 2.81.